The Bertz CT molecular complexity index is 728. The second-order valence-corrected chi connectivity index (χ2v) is 8.37. The number of fused-ring (bicyclic) bond motifs is 1. The van der Waals surface area contributed by atoms with E-state index in [-0.39, 0.29) is 0 Å². The van der Waals surface area contributed by atoms with Crippen LogP contribution in [0.1, 0.15) is 42.5 Å². The molecule has 2 aromatic heterocycles. The zero-order chi connectivity index (χ0) is 16.0. The molecule has 5 heteroatoms. The maximum absolute atomic E-state index is 5.85. The largest absolute Gasteiger partial charge is 0.381 e. The van der Waals surface area contributed by atoms with Gasteiger partial charge >= 0.3 is 0 Å². The number of rotatable bonds is 2. The zero-order valence-corrected chi connectivity index (χ0v) is 15.1. The average molecular weight is 331 g/mol. The lowest BCUT2D eigenvalue weighted by molar-refractivity contribution is 0.00220. The number of aromatic nitrogens is 2. The summed E-state index contributed by atoms with van der Waals surface area (Å²) in [6, 6.07) is 0. The van der Waals surface area contributed by atoms with E-state index in [1.54, 1.807) is 17.7 Å². The smallest absolute Gasteiger partial charge is 0.141 e. The van der Waals surface area contributed by atoms with Gasteiger partial charge in [-0.3, -0.25) is 0 Å². The Morgan fingerprint density at radius 2 is 2.09 bits per heavy atom. The molecule has 0 N–H and O–H groups in total. The van der Waals surface area contributed by atoms with Gasteiger partial charge in [0.1, 0.15) is 17.0 Å². The monoisotopic (exact) mass is 331 g/mol. The van der Waals surface area contributed by atoms with Crippen molar-refractivity contribution >= 4 is 27.4 Å². The highest BCUT2D eigenvalue weighted by molar-refractivity contribution is 7.18. The number of piperidine rings is 1. The van der Waals surface area contributed by atoms with Gasteiger partial charge in [-0.25, -0.2) is 9.97 Å². The van der Waals surface area contributed by atoms with Gasteiger partial charge in [-0.15, -0.1) is 11.3 Å². The first-order valence-electron chi connectivity index (χ1n) is 8.63. The van der Waals surface area contributed by atoms with Crippen molar-refractivity contribution in [3.63, 3.8) is 0 Å². The summed E-state index contributed by atoms with van der Waals surface area (Å²) in [6.45, 7) is 6.56. The molecule has 2 aromatic rings. The van der Waals surface area contributed by atoms with Crippen molar-refractivity contribution in [2.75, 3.05) is 25.1 Å². The molecule has 1 aliphatic heterocycles. The molecular formula is C18H25N3OS. The fraction of sp³-hybridized carbons (Fsp3) is 0.667. The van der Waals surface area contributed by atoms with Gasteiger partial charge in [-0.1, -0.05) is 6.42 Å². The molecule has 0 amide bonds. The van der Waals surface area contributed by atoms with Gasteiger partial charge in [0.05, 0.1) is 11.5 Å². The molecule has 2 fully saturated rings. The van der Waals surface area contributed by atoms with Crippen molar-refractivity contribution < 1.29 is 4.74 Å². The first kappa shape index (κ1) is 15.3. The molecule has 1 saturated heterocycles. The van der Waals surface area contributed by atoms with Crippen molar-refractivity contribution in [1.82, 2.24) is 9.97 Å². The fourth-order valence-corrected chi connectivity index (χ4v) is 5.68. The molecule has 124 valence electrons. The maximum Gasteiger partial charge on any atom is 0.141 e. The lowest BCUT2D eigenvalue weighted by Gasteiger charge is -2.44. The minimum Gasteiger partial charge on any atom is -0.381 e. The number of hydrogen-bond acceptors (Lipinski definition) is 5. The van der Waals surface area contributed by atoms with Crippen LogP contribution < -0.4 is 4.90 Å². The molecule has 1 spiro atoms. The minimum absolute atomic E-state index is 0.323. The van der Waals surface area contributed by atoms with Gasteiger partial charge in [0, 0.05) is 30.5 Å². The molecule has 23 heavy (non-hydrogen) atoms. The molecule has 2 aliphatic rings. The molecule has 1 aliphatic carbocycles. The zero-order valence-electron chi connectivity index (χ0n) is 14.3. The van der Waals surface area contributed by atoms with Gasteiger partial charge in [0.2, 0.25) is 0 Å². The standard InChI is InChI=1S/C18H25N3OS/c1-12-13(2)23-17-15(12)16(19-11-20-17)21-9-5-8-18(10-21)7-4-6-14(18)22-3/h11,14H,4-10H2,1-3H3/t14-,18-/m1/s1. The van der Waals surface area contributed by atoms with E-state index in [2.05, 4.69) is 23.7 Å². The number of methoxy groups -OCH3 is 1. The van der Waals surface area contributed by atoms with E-state index in [1.807, 2.05) is 7.11 Å². The third-order valence-electron chi connectivity index (χ3n) is 5.96. The van der Waals surface area contributed by atoms with E-state index in [4.69, 9.17) is 9.72 Å². The summed E-state index contributed by atoms with van der Waals surface area (Å²) in [6.07, 6.45) is 8.45. The van der Waals surface area contributed by atoms with Crippen LogP contribution in [0.15, 0.2) is 6.33 Å². The number of ether oxygens (including phenoxy) is 1. The highest BCUT2D eigenvalue weighted by Gasteiger charge is 2.46. The van der Waals surface area contributed by atoms with Gasteiger partial charge < -0.3 is 9.64 Å². The summed E-state index contributed by atoms with van der Waals surface area (Å²) < 4.78 is 5.85. The summed E-state index contributed by atoms with van der Waals surface area (Å²) in [5.41, 5.74) is 1.67. The van der Waals surface area contributed by atoms with Crippen LogP contribution in [0.2, 0.25) is 0 Å². The Morgan fingerprint density at radius 1 is 1.26 bits per heavy atom. The number of nitrogens with zero attached hydrogens (tertiary/aromatic N) is 3. The first-order chi connectivity index (χ1) is 11.1. The Kier molecular flexibility index (Phi) is 3.81. The van der Waals surface area contributed by atoms with Crippen LogP contribution in [-0.4, -0.2) is 36.3 Å². The van der Waals surface area contributed by atoms with E-state index in [0.29, 0.717) is 11.5 Å². The van der Waals surface area contributed by atoms with Crippen LogP contribution in [0, 0.1) is 19.3 Å². The maximum atomic E-state index is 5.85. The van der Waals surface area contributed by atoms with E-state index in [9.17, 15) is 0 Å². The molecule has 0 aromatic carbocycles. The third-order valence-corrected chi connectivity index (χ3v) is 7.08. The molecule has 0 radical (unpaired) electrons. The highest BCUT2D eigenvalue weighted by atomic mass is 32.1. The lowest BCUT2D eigenvalue weighted by atomic mass is 9.76. The van der Waals surface area contributed by atoms with Crippen molar-refractivity contribution in [2.24, 2.45) is 5.41 Å². The molecule has 0 bridgehead atoms. The van der Waals surface area contributed by atoms with Crippen LogP contribution >= 0.6 is 11.3 Å². The quantitative estimate of drug-likeness (QED) is 0.830. The summed E-state index contributed by atoms with van der Waals surface area (Å²) >= 11 is 1.78. The van der Waals surface area contributed by atoms with Crippen LogP contribution in [0.25, 0.3) is 10.2 Å². The van der Waals surface area contributed by atoms with Crippen LogP contribution in [0.3, 0.4) is 0 Å². The topological polar surface area (TPSA) is 38.2 Å². The Labute approximate surface area is 141 Å². The molecule has 2 atom stereocenters. The number of anilines is 1. The van der Waals surface area contributed by atoms with Gasteiger partial charge in [0.15, 0.2) is 0 Å². The predicted octanol–water partition coefficient (Wildman–Crippen LogP) is 4.09. The van der Waals surface area contributed by atoms with E-state index >= 15 is 0 Å². The fourth-order valence-electron chi connectivity index (χ4n) is 4.69. The number of hydrogen-bond donors (Lipinski definition) is 0. The number of thiophene rings is 1. The van der Waals surface area contributed by atoms with Gasteiger partial charge in [-0.2, -0.15) is 0 Å². The molecule has 3 heterocycles. The lowest BCUT2D eigenvalue weighted by Crippen LogP contribution is -2.48. The summed E-state index contributed by atoms with van der Waals surface area (Å²) in [5.74, 6) is 1.14. The van der Waals surface area contributed by atoms with Crippen molar-refractivity contribution in [2.45, 2.75) is 52.1 Å². The van der Waals surface area contributed by atoms with Crippen molar-refractivity contribution in [3.05, 3.63) is 16.8 Å². The first-order valence-corrected chi connectivity index (χ1v) is 9.45. The SMILES string of the molecule is CO[C@@H]1CCC[C@]12CCCN(c1ncnc3sc(C)c(C)c13)C2. The Morgan fingerprint density at radius 3 is 2.91 bits per heavy atom. The summed E-state index contributed by atoms with van der Waals surface area (Å²) in [5, 5.41) is 1.26. The van der Waals surface area contributed by atoms with Crippen molar-refractivity contribution in [1.29, 1.82) is 0 Å². The van der Waals surface area contributed by atoms with Crippen LogP contribution in [0.5, 0.6) is 0 Å². The van der Waals surface area contributed by atoms with Crippen molar-refractivity contribution in [3.8, 4) is 0 Å². The van der Waals surface area contributed by atoms with E-state index < -0.39 is 0 Å². The normalized spacial score (nSPS) is 28.1. The number of aryl methyl sites for hydroxylation is 2. The molecular weight excluding hydrogens is 306 g/mol. The Balaban J connectivity index is 1.73. The highest BCUT2D eigenvalue weighted by Crippen LogP contribution is 2.47. The Hall–Kier alpha value is -1.20. The average Bonchev–Trinajstić information content (AvgIpc) is 3.08. The summed E-state index contributed by atoms with van der Waals surface area (Å²) in [7, 11) is 1.88. The van der Waals surface area contributed by atoms with Gasteiger partial charge in [-0.05, 0) is 45.1 Å². The molecule has 4 nitrogen and oxygen atoms in total. The molecule has 1 saturated carbocycles. The second kappa shape index (κ2) is 5.71. The van der Waals surface area contributed by atoms with Gasteiger partial charge in [0.25, 0.3) is 0 Å². The summed E-state index contributed by atoms with van der Waals surface area (Å²) in [4.78, 5) is 14.2. The predicted molar refractivity (Wildman–Crippen MR) is 95.4 cm³/mol. The van der Waals surface area contributed by atoms with Crippen LogP contribution in [0.4, 0.5) is 5.82 Å². The third kappa shape index (κ3) is 2.36. The second-order valence-electron chi connectivity index (χ2n) is 7.16. The van der Waals surface area contributed by atoms with E-state index in [0.717, 1.165) is 23.7 Å². The van der Waals surface area contributed by atoms with E-state index in [1.165, 1.54) is 47.9 Å². The molecule has 4 rings (SSSR count). The minimum atomic E-state index is 0.323. The molecule has 0 unspecified atom stereocenters. The van der Waals surface area contributed by atoms with Crippen LogP contribution in [-0.2, 0) is 4.74 Å².